The normalized spacial score (nSPS) is 19.0. The summed E-state index contributed by atoms with van der Waals surface area (Å²) in [7, 11) is -2.33. The average molecular weight is 373 g/mol. The Bertz CT molecular complexity index is 989. The lowest BCUT2D eigenvalue weighted by Crippen LogP contribution is -2.43. The minimum Gasteiger partial charge on any atom is -0.468 e. The maximum atomic E-state index is 13.3. The summed E-state index contributed by atoms with van der Waals surface area (Å²) < 4.78 is 31.3. The Kier molecular flexibility index (Phi) is 4.58. The number of hydrogen-bond donors (Lipinski definition) is 0. The van der Waals surface area contributed by atoms with E-state index in [1.54, 1.807) is 18.3 Å². The second kappa shape index (κ2) is 6.57. The van der Waals surface area contributed by atoms with Crippen LogP contribution >= 0.6 is 0 Å². The van der Waals surface area contributed by atoms with Gasteiger partial charge >= 0.3 is 5.97 Å². The molecular formula is C19H19NO5S. The molecule has 7 heteroatoms. The zero-order valence-electron chi connectivity index (χ0n) is 14.3. The minimum atomic E-state index is -3.58. The summed E-state index contributed by atoms with van der Waals surface area (Å²) in [5, 5.41) is 0. The smallest absolute Gasteiger partial charge is 0.325 e. The lowest BCUT2D eigenvalue weighted by Gasteiger charge is -2.24. The third kappa shape index (κ3) is 2.68. The lowest BCUT2D eigenvalue weighted by molar-refractivity contribution is -0.145. The van der Waals surface area contributed by atoms with Gasteiger partial charge in [-0.2, -0.15) is 0 Å². The van der Waals surface area contributed by atoms with E-state index in [1.807, 2.05) is 4.57 Å². The standard InChI is InChI=1S/C19H19NO5S/c1-3-12-26(23,24)15-7-4-6-14(13-15)17(21)19(18(22)25-2)9-11-20-10-5-8-16(19)20/h3-8,10,13H,1,9,11-12H2,2H3. The van der Waals surface area contributed by atoms with E-state index in [2.05, 4.69) is 6.58 Å². The van der Waals surface area contributed by atoms with Crippen LogP contribution < -0.4 is 0 Å². The predicted molar refractivity (Wildman–Crippen MR) is 95.8 cm³/mol. The van der Waals surface area contributed by atoms with Crippen molar-refractivity contribution in [2.24, 2.45) is 0 Å². The van der Waals surface area contributed by atoms with E-state index in [1.165, 1.54) is 37.5 Å². The number of sulfone groups is 1. The maximum Gasteiger partial charge on any atom is 0.325 e. The van der Waals surface area contributed by atoms with Crippen LogP contribution in [0.3, 0.4) is 0 Å². The quantitative estimate of drug-likeness (QED) is 0.335. The first kappa shape index (κ1) is 18.1. The number of carbonyl (C=O) groups is 2. The van der Waals surface area contributed by atoms with Gasteiger partial charge in [-0.15, -0.1) is 6.58 Å². The molecule has 2 aromatic rings. The number of hydrogen-bond acceptors (Lipinski definition) is 5. The van der Waals surface area contributed by atoms with Gasteiger partial charge in [-0.05, 0) is 30.7 Å². The van der Waals surface area contributed by atoms with Crippen LogP contribution in [0.15, 0.2) is 60.1 Å². The Balaban J connectivity index is 2.11. The van der Waals surface area contributed by atoms with Crippen molar-refractivity contribution >= 4 is 21.6 Å². The number of fused-ring (bicyclic) bond motifs is 1. The van der Waals surface area contributed by atoms with E-state index >= 15 is 0 Å². The summed E-state index contributed by atoms with van der Waals surface area (Å²) >= 11 is 0. The van der Waals surface area contributed by atoms with Crippen LogP contribution in [0.5, 0.6) is 0 Å². The van der Waals surface area contributed by atoms with Gasteiger partial charge in [-0.3, -0.25) is 9.59 Å². The zero-order chi connectivity index (χ0) is 18.9. The van der Waals surface area contributed by atoms with Crippen molar-refractivity contribution in [3.8, 4) is 0 Å². The summed E-state index contributed by atoms with van der Waals surface area (Å²) in [6, 6.07) is 9.26. The van der Waals surface area contributed by atoms with Crippen LogP contribution in [-0.2, 0) is 31.3 Å². The Morgan fingerprint density at radius 1 is 1.31 bits per heavy atom. The van der Waals surface area contributed by atoms with E-state index in [0.717, 1.165) is 0 Å². The summed E-state index contributed by atoms with van der Waals surface area (Å²) in [4.78, 5) is 26.0. The second-order valence-corrected chi connectivity index (χ2v) is 8.20. The Morgan fingerprint density at radius 2 is 2.08 bits per heavy atom. The zero-order valence-corrected chi connectivity index (χ0v) is 15.2. The number of Topliss-reactive ketones (excluding diaryl/α,β-unsaturated/α-hetero) is 1. The van der Waals surface area contributed by atoms with E-state index in [0.29, 0.717) is 12.2 Å². The molecular weight excluding hydrogens is 354 g/mol. The molecule has 1 atom stereocenters. The van der Waals surface area contributed by atoms with Crippen molar-refractivity contribution in [2.45, 2.75) is 23.3 Å². The highest BCUT2D eigenvalue weighted by Crippen LogP contribution is 2.39. The van der Waals surface area contributed by atoms with Gasteiger partial charge in [0.2, 0.25) is 0 Å². The minimum absolute atomic E-state index is 0.0247. The van der Waals surface area contributed by atoms with Crippen LogP contribution in [-0.4, -0.2) is 37.6 Å². The van der Waals surface area contributed by atoms with Crippen molar-refractivity contribution < 1.29 is 22.7 Å². The average Bonchev–Trinajstić information content (AvgIpc) is 3.23. The summed E-state index contributed by atoms with van der Waals surface area (Å²) in [6.07, 6.45) is 3.38. The first-order chi connectivity index (χ1) is 12.4. The van der Waals surface area contributed by atoms with Gasteiger partial charge in [0.1, 0.15) is 0 Å². The molecule has 26 heavy (non-hydrogen) atoms. The number of nitrogens with zero attached hydrogens (tertiary/aromatic N) is 1. The van der Waals surface area contributed by atoms with Gasteiger partial charge in [0.25, 0.3) is 0 Å². The molecule has 1 aliphatic heterocycles. The number of rotatable bonds is 6. The molecule has 2 heterocycles. The van der Waals surface area contributed by atoms with E-state index < -0.39 is 27.0 Å². The molecule has 0 saturated heterocycles. The molecule has 3 rings (SSSR count). The third-order valence-corrected chi connectivity index (χ3v) is 6.36. The molecule has 0 radical (unpaired) electrons. The molecule has 1 aromatic heterocycles. The molecule has 136 valence electrons. The van der Waals surface area contributed by atoms with Crippen LogP contribution in [0.1, 0.15) is 22.5 Å². The number of carbonyl (C=O) groups excluding carboxylic acids is 2. The summed E-state index contributed by atoms with van der Waals surface area (Å²) in [5.41, 5.74) is -0.733. The molecule has 1 aromatic carbocycles. The molecule has 0 N–H and O–H groups in total. The number of aryl methyl sites for hydroxylation is 1. The van der Waals surface area contributed by atoms with Crippen molar-refractivity contribution in [1.29, 1.82) is 0 Å². The number of aromatic nitrogens is 1. The largest absolute Gasteiger partial charge is 0.468 e. The molecule has 0 fully saturated rings. The Labute approximate surface area is 152 Å². The van der Waals surface area contributed by atoms with Crippen molar-refractivity contribution in [3.63, 3.8) is 0 Å². The van der Waals surface area contributed by atoms with Gasteiger partial charge in [-0.1, -0.05) is 18.2 Å². The third-order valence-electron chi connectivity index (χ3n) is 4.71. The van der Waals surface area contributed by atoms with E-state index in [9.17, 15) is 18.0 Å². The maximum absolute atomic E-state index is 13.3. The number of methoxy groups -OCH3 is 1. The van der Waals surface area contributed by atoms with E-state index in [4.69, 9.17) is 4.74 Å². The second-order valence-electron chi connectivity index (χ2n) is 6.16. The number of benzene rings is 1. The van der Waals surface area contributed by atoms with Gasteiger partial charge in [0.05, 0.1) is 17.8 Å². The summed E-state index contributed by atoms with van der Waals surface area (Å²) in [5.74, 6) is -1.33. The molecule has 0 bridgehead atoms. The van der Waals surface area contributed by atoms with Crippen molar-refractivity contribution in [3.05, 3.63) is 66.5 Å². The van der Waals surface area contributed by atoms with Crippen LogP contribution in [0.4, 0.5) is 0 Å². The number of ether oxygens (including phenoxy) is 1. The monoisotopic (exact) mass is 373 g/mol. The SMILES string of the molecule is C=CCS(=O)(=O)c1cccc(C(=O)C2(C(=O)OC)CCn3cccc32)c1. The fraction of sp³-hybridized carbons (Fsp3) is 0.263. The topological polar surface area (TPSA) is 82.4 Å². The highest BCUT2D eigenvalue weighted by Gasteiger charge is 2.53. The molecule has 0 amide bonds. The fourth-order valence-electron chi connectivity index (χ4n) is 3.44. The highest BCUT2D eigenvalue weighted by molar-refractivity contribution is 7.91. The Hall–Kier alpha value is -2.67. The van der Waals surface area contributed by atoms with Crippen molar-refractivity contribution in [1.82, 2.24) is 4.57 Å². The fourth-order valence-corrected chi connectivity index (χ4v) is 4.54. The molecule has 6 nitrogen and oxygen atoms in total. The molecule has 1 aliphatic rings. The molecule has 0 aliphatic carbocycles. The predicted octanol–water partition coefficient (Wildman–Crippen LogP) is 2.15. The molecule has 0 saturated carbocycles. The van der Waals surface area contributed by atoms with Gasteiger partial charge in [0, 0.05) is 24.0 Å². The molecule has 1 unspecified atom stereocenters. The van der Waals surface area contributed by atoms with Gasteiger partial charge < -0.3 is 9.30 Å². The first-order valence-corrected chi connectivity index (χ1v) is 9.74. The lowest BCUT2D eigenvalue weighted by atomic mass is 9.76. The summed E-state index contributed by atoms with van der Waals surface area (Å²) in [6.45, 7) is 3.96. The highest BCUT2D eigenvalue weighted by atomic mass is 32.2. The molecule has 0 spiro atoms. The number of ketones is 1. The van der Waals surface area contributed by atoms with Crippen molar-refractivity contribution in [2.75, 3.05) is 12.9 Å². The van der Waals surface area contributed by atoms with Crippen LogP contribution in [0, 0.1) is 0 Å². The van der Waals surface area contributed by atoms with Crippen LogP contribution in [0.2, 0.25) is 0 Å². The number of esters is 1. The van der Waals surface area contributed by atoms with Gasteiger partial charge in [-0.25, -0.2) is 8.42 Å². The van der Waals surface area contributed by atoms with Gasteiger partial charge in [0.15, 0.2) is 21.0 Å². The first-order valence-electron chi connectivity index (χ1n) is 8.09. The van der Waals surface area contributed by atoms with E-state index in [-0.39, 0.29) is 22.6 Å². The Morgan fingerprint density at radius 3 is 2.77 bits per heavy atom. The van der Waals surface area contributed by atoms with Crippen LogP contribution in [0.25, 0.3) is 0 Å².